The highest BCUT2D eigenvalue weighted by Crippen LogP contribution is 2.29. The van der Waals surface area contributed by atoms with E-state index in [4.69, 9.17) is 4.42 Å². The van der Waals surface area contributed by atoms with Crippen molar-refractivity contribution >= 4 is 27.4 Å². The minimum atomic E-state index is -0.581. The molecule has 7 heteroatoms. The molecular weight excluding hydrogens is 396 g/mol. The lowest BCUT2D eigenvalue weighted by atomic mass is 10.2. The van der Waals surface area contributed by atoms with Crippen molar-refractivity contribution < 1.29 is 9.52 Å². The van der Waals surface area contributed by atoms with Gasteiger partial charge in [-0.25, -0.2) is 0 Å². The van der Waals surface area contributed by atoms with E-state index in [9.17, 15) is 5.11 Å². The lowest BCUT2D eigenvalue weighted by Crippen LogP contribution is -2.43. The molecule has 3 aromatic rings. The van der Waals surface area contributed by atoms with Gasteiger partial charge in [0.15, 0.2) is 5.96 Å². The first kappa shape index (κ1) is 20.9. The van der Waals surface area contributed by atoms with Gasteiger partial charge < -0.3 is 20.2 Å². The third kappa shape index (κ3) is 4.86. The normalized spacial score (nSPS) is 17.4. The van der Waals surface area contributed by atoms with Crippen molar-refractivity contribution in [3.8, 4) is 0 Å². The predicted molar refractivity (Wildman–Crippen MR) is 123 cm³/mol. The number of thiophene rings is 1. The molecule has 30 heavy (non-hydrogen) atoms. The van der Waals surface area contributed by atoms with Crippen LogP contribution in [-0.4, -0.2) is 49.2 Å². The average Bonchev–Trinajstić information content (AvgIpc) is 3.51. The number of fused-ring (bicyclic) bond motifs is 1. The summed E-state index contributed by atoms with van der Waals surface area (Å²) in [5.74, 6) is 2.61. The summed E-state index contributed by atoms with van der Waals surface area (Å²) >= 11 is 1.63. The number of guanidine groups is 1. The zero-order chi connectivity index (χ0) is 20.9. The van der Waals surface area contributed by atoms with Gasteiger partial charge in [0.25, 0.3) is 0 Å². The van der Waals surface area contributed by atoms with Crippen LogP contribution in [0.5, 0.6) is 0 Å². The Kier molecular flexibility index (Phi) is 6.72. The first-order valence-electron chi connectivity index (χ1n) is 10.6. The van der Waals surface area contributed by atoms with E-state index in [2.05, 4.69) is 44.8 Å². The number of aryl methyl sites for hydroxylation is 1. The molecule has 0 spiro atoms. The molecule has 1 aliphatic rings. The van der Waals surface area contributed by atoms with Crippen molar-refractivity contribution in [2.45, 2.75) is 31.9 Å². The smallest absolute Gasteiger partial charge is 0.191 e. The number of hydrogen-bond acceptors (Lipinski definition) is 5. The molecule has 1 aromatic carbocycles. The van der Waals surface area contributed by atoms with Crippen molar-refractivity contribution in [1.29, 1.82) is 0 Å². The molecule has 1 aliphatic heterocycles. The van der Waals surface area contributed by atoms with E-state index < -0.39 is 6.10 Å². The van der Waals surface area contributed by atoms with Crippen molar-refractivity contribution in [2.24, 2.45) is 4.99 Å². The van der Waals surface area contributed by atoms with Gasteiger partial charge in [-0.2, -0.15) is 0 Å². The van der Waals surface area contributed by atoms with Crippen LogP contribution in [0.25, 0.3) is 10.1 Å². The van der Waals surface area contributed by atoms with E-state index in [1.807, 2.05) is 25.1 Å². The molecule has 0 saturated carbocycles. The van der Waals surface area contributed by atoms with E-state index in [1.54, 1.807) is 18.4 Å². The van der Waals surface area contributed by atoms with E-state index >= 15 is 0 Å². The number of rotatable bonds is 7. The summed E-state index contributed by atoms with van der Waals surface area (Å²) in [5, 5.41) is 18.5. The standard InChI is InChI=1S/C23H30N4O2S/c1-16-9-10-20(29-16)18(27-11-5-6-12-27)14-25-23(24-2)26-15-19(28)22-13-17-7-3-4-8-21(17)30-22/h3-4,7-10,13,18-19,28H,5-6,11-12,14-15H2,1-2H3,(H2,24,25,26). The van der Waals surface area contributed by atoms with Gasteiger partial charge >= 0.3 is 0 Å². The number of aliphatic imine (C=N–C) groups is 1. The molecule has 0 bridgehead atoms. The molecule has 2 aromatic heterocycles. The Labute approximate surface area is 181 Å². The summed E-state index contributed by atoms with van der Waals surface area (Å²) in [6.45, 7) is 5.26. The van der Waals surface area contributed by atoms with Crippen molar-refractivity contribution in [1.82, 2.24) is 15.5 Å². The van der Waals surface area contributed by atoms with Crippen molar-refractivity contribution in [3.63, 3.8) is 0 Å². The molecule has 0 radical (unpaired) electrons. The van der Waals surface area contributed by atoms with Crippen LogP contribution in [0.1, 0.15) is 41.4 Å². The van der Waals surface area contributed by atoms with Crippen LogP contribution in [0.3, 0.4) is 0 Å². The van der Waals surface area contributed by atoms with E-state index in [0.717, 1.165) is 29.5 Å². The quantitative estimate of drug-likeness (QED) is 0.395. The minimum Gasteiger partial charge on any atom is -0.465 e. The number of likely N-dealkylation sites (tertiary alicyclic amines) is 1. The number of furan rings is 1. The van der Waals surface area contributed by atoms with Crippen LogP contribution in [0.2, 0.25) is 0 Å². The van der Waals surface area contributed by atoms with Crippen molar-refractivity contribution in [2.75, 3.05) is 33.2 Å². The number of aliphatic hydroxyl groups is 1. The Balaban J connectivity index is 1.35. The highest BCUT2D eigenvalue weighted by Gasteiger charge is 2.26. The first-order valence-corrected chi connectivity index (χ1v) is 11.4. The maximum atomic E-state index is 10.6. The Morgan fingerprint density at radius 1 is 1.17 bits per heavy atom. The zero-order valence-electron chi connectivity index (χ0n) is 17.6. The summed E-state index contributed by atoms with van der Waals surface area (Å²) < 4.78 is 7.12. The average molecular weight is 427 g/mol. The highest BCUT2D eigenvalue weighted by atomic mass is 32.1. The van der Waals surface area contributed by atoms with Gasteiger partial charge in [0.2, 0.25) is 0 Å². The summed E-state index contributed by atoms with van der Waals surface area (Å²) in [6, 6.07) is 14.5. The predicted octanol–water partition coefficient (Wildman–Crippen LogP) is 3.84. The molecule has 160 valence electrons. The number of nitrogens with one attached hydrogen (secondary N) is 2. The summed E-state index contributed by atoms with van der Waals surface area (Å²) in [5.41, 5.74) is 0. The van der Waals surface area contributed by atoms with Crippen LogP contribution >= 0.6 is 11.3 Å². The molecule has 6 nitrogen and oxygen atoms in total. The number of hydrogen-bond donors (Lipinski definition) is 3. The molecule has 4 rings (SSSR count). The molecule has 0 aliphatic carbocycles. The lowest BCUT2D eigenvalue weighted by Gasteiger charge is -2.27. The van der Waals surface area contributed by atoms with Crippen LogP contribution in [0.15, 0.2) is 51.9 Å². The fourth-order valence-corrected chi connectivity index (χ4v) is 5.02. The molecule has 3 heterocycles. The molecule has 3 N–H and O–H groups in total. The Hall–Kier alpha value is -2.35. The third-order valence-electron chi connectivity index (χ3n) is 5.59. The van der Waals surface area contributed by atoms with Crippen LogP contribution in [0.4, 0.5) is 0 Å². The molecule has 2 unspecified atom stereocenters. The fourth-order valence-electron chi connectivity index (χ4n) is 3.97. The lowest BCUT2D eigenvalue weighted by molar-refractivity contribution is 0.184. The first-order chi connectivity index (χ1) is 14.6. The Morgan fingerprint density at radius 3 is 2.63 bits per heavy atom. The number of aliphatic hydroxyl groups excluding tert-OH is 1. The Bertz CT molecular complexity index is 957. The topological polar surface area (TPSA) is 73.0 Å². The molecule has 2 atom stereocenters. The van der Waals surface area contributed by atoms with Gasteiger partial charge in [-0.3, -0.25) is 9.89 Å². The maximum Gasteiger partial charge on any atom is 0.191 e. The van der Waals surface area contributed by atoms with Gasteiger partial charge in [0.1, 0.15) is 17.6 Å². The van der Waals surface area contributed by atoms with E-state index in [1.165, 1.54) is 22.9 Å². The van der Waals surface area contributed by atoms with Gasteiger partial charge in [-0.15, -0.1) is 11.3 Å². The van der Waals surface area contributed by atoms with E-state index in [-0.39, 0.29) is 6.04 Å². The minimum absolute atomic E-state index is 0.173. The monoisotopic (exact) mass is 426 g/mol. The largest absolute Gasteiger partial charge is 0.465 e. The van der Waals surface area contributed by atoms with Gasteiger partial charge in [0, 0.05) is 29.7 Å². The second kappa shape index (κ2) is 9.64. The number of nitrogens with zero attached hydrogens (tertiary/aromatic N) is 2. The van der Waals surface area contributed by atoms with Crippen LogP contribution in [-0.2, 0) is 0 Å². The van der Waals surface area contributed by atoms with Gasteiger partial charge in [-0.1, -0.05) is 18.2 Å². The summed E-state index contributed by atoms with van der Waals surface area (Å²) in [7, 11) is 1.75. The maximum absolute atomic E-state index is 10.6. The fraction of sp³-hybridized carbons (Fsp3) is 0.435. The molecular formula is C23H30N4O2S. The van der Waals surface area contributed by atoms with Crippen LogP contribution in [0, 0.1) is 6.92 Å². The van der Waals surface area contributed by atoms with Gasteiger partial charge in [-0.05, 0) is 62.5 Å². The molecule has 1 saturated heterocycles. The van der Waals surface area contributed by atoms with E-state index in [0.29, 0.717) is 19.0 Å². The Morgan fingerprint density at radius 2 is 1.93 bits per heavy atom. The molecule has 0 amide bonds. The van der Waals surface area contributed by atoms with Crippen LogP contribution < -0.4 is 10.6 Å². The van der Waals surface area contributed by atoms with Crippen molar-refractivity contribution in [3.05, 3.63) is 58.9 Å². The SMILES string of the molecule is CN=C(NCC(O)c1cc2ccccc2s1)NCC(c1ccc(C)o1)N1CCCC1. The van der Waals surface area contributed by atoms with Gasteiger partial charge in [0.05, 0.1) is 6.04 Å². The second-order valence-electron chi connectivity index (χ2n) is 7.74. The summed E-state index contributed by atoms with van der Waals surface area (Å²) in [6.07, 6.45) is 1.87. The molecule has 1 fully saturated rings. The summed E-state index contributed by atoms with van der Waals surface area (Å²) in [4.78, 5) is 7.75. The second-order valence-corrected chi connectivity index (χ2v) is 8.86. The zero-order valence-corrected chi connectivity index (χ0v) is 18.4. The highest BCUT2D eigenvalue weighted by molar-refractivity contribution is 7.19. The number of benzene rings is 1. The third-order valence-corrected chi connectivity index (χ3v) is 6.81.